The summed E-state index contributed by atoms with van der Waals surface area (Å²) in [5, 5.41) is 3.07. The summed E-state index contributed by atoms with van der Waals surface area (Å²) in [6, 6.07) is 0.435. The van der Waals surface area contributed by atoms with Crippen LogP contribution in [0.1, 0.15) is 99.5 Å². The van der Waals surface area contributed by atoms with Crippen LogP contribution in [0.4, 0.5) is 0 Å². The Morgan fingerprint density at radius 1 is 1.03 bits per heavy atom. The van der Waals surface area contributed by atoms with Gasteiger partial charge < -0.3 is 9.80 Å². The highest BCUT2D eigenvalue weighted by Crippen LogP contribution is 2.37. The first-order valence-corrected chi connectivity index (χ1v) is 13.1. The normalized spacial score (nSPS) is 25.4. The highest BCUT2D eigenvalue weighted by atomic mass is 32.1. The molecule has 3 heterocycles. The van der Waals surface area contributed by atoms with Gasteiger partial charge in [-0.25, -0.2) is 4.98 Å². The van der Waals surface area contributed by atoms with E-state index in [0.717, 1.165) is 63.2 Å². The number of carbonyl (C=O) groups excluding carboxylic acids is 2. The number of amides is 2. The average Bonchev–Trinajstić information content (AvgIpc) is 3.29. The topological polar surface area (TPSA) is 53.5 Å². The van der Waals surface area contributed by atoms with Crippen molar-refractivity contribution in [2.45, 2.75) is 90.0 Å². The van der Waals surface area contributed by atoms with E-state index in [0.29, 0.717) is 29.5 Å². The first kappa shape index (κ1) is 21.8. The molecule has 166 valence electrons. The molecule has 2 amide bonds. The van der Waals surface area contributed by atoms with Crippen LogP contribution in [0.3, 0.4) is 0 Å². The molecule has 2 aliphatic heterocycles. The Morgan fingerprint density at radius 3 is 2.47 bits per heavy atom. The van der Waals surface area contributed by atoms with Crippen molar-refractivity contribution < 1.29 is 9.59 Å². The Morgan fingerprint density at radius 2 is 1.73 bits per heavy atom. The van der Waals surface area contributed by atoms with Crippen LogP contribution >= 0.6 is 11.3 Å². The van der Waals surface area contributed by atoms with E-state index >= 15 is 0 Å². The largest absolute Gasteiger partial charge is 0.342 e. The molecule has 2 unspecified atom stereocenters. The van der Waals surface area contributed by atoms with Gasteiger partial charge in [-0.15, -0.1) is 11.3 Å². The lowest BCUT2D eigenvalue weighted by Crippen LogP contribution is -2.49. The molecule has 0 radical (unpaired) electrons. The van der Waals surface area contributed by atoms with E-state index in [1.54, 1.807) is 11.3 Å². The molecular formula is C24H37N3O2S. The number of hydrogen-bond acceptors (Lipinski definition) is 4. The lowest BCUT2D eigenvalue weighted by molar-refractivity contribution is -0.136. The third-order valence-electron chi connectivity index (χ3n) is 7.74. The second-order valence-corrected chi connectivity index (χ2v) is 10.3. The molecule has 0 bridgehead atoms. The van der Waals surface area contributed by atoms with Crippen molar-refractivity contribution in [3.8, 4) is 0 Å². The van der Waals surface area contributed by atoms with Crippen LogP contribution in [0.15, 0.2) is 5.38 Å². The molecule has 4 rings (SSSR count). The minimum Gasteiger partial charge on any atom is -0.342 e. The average molecular weight is 432 g/mol. The first-order valence-electron chi connectivity index (χ1n) is 12.2. The zero-order chi connectivity index (χ0) is 21.1. The summed E-state index contributed by atoms with van der Waals surface area (Å²) >= 11 is 1.64. The van der Waals surface area contributed by atoms with E-state index in [1.807, 2.05) is 10.3 Å². The van der Waals surface area contributed by atoms with Crippen LogP contribution < -0.4 is 0 Å². The van der Waals surface area contributed by atoms with Crippen LogP contribution in [-0.2, 0) is 4.79 Å². The number of aromatic nitrogens is 1. The molecule has 5 nitrogen and oxygen atoms in total. The number of likely N-dealkylation sites (tertiary alicyclic amines) is 2. The van der Waals surface area contributed by atoms with E-state index in [2.05, 4.69) is 18.7 Å². The molecule has 0 spiro atoms. The maximum atomic E-state index is 13.3. The summed E-state index contributed by atoms with van der Waals surface area (Å²) in [6.45, 7) is 6.73. The van der Waals surface area contributed by atoms with E-state index in [9.17, 15) is 9.59 Å². The van der Waals surface area contributed by atoms with Crippen LogP contribution in [0.5, 0.6) is 0 Å². The Hall–Kier alpha value is -1.43. The quantitative estimate of drug-likeness (QED) is 0.653. The number of fused-ring (bicyclic) bond motifs is 1. The summed E-state index contributed by atoms with van der Waals surface area (Å²) in [6.07, 6.45) is 11.2. The standard InChI is InChI=1S/C24H37N3O2S/c1-3-17(4-2)23(28)26-14-11-19(12-15-26)22-25-20(16-30-22)24(29)27-13-7-9-18-8-5-6-10-21(18)27/h16-19,21H,3-15H2,1-2H3. The fraction of sp³-hybridized carbons (Fsp3) is 0.792. The van der Waals surface area contributed by atoms with Gasteiger partial charge in [0.25, 0.3) is 5.91 Å². The van der Waals surface area contributed by atoms with Gasteiger partial charge in [0.05, 0.1) is 5.01 Å². The fourth-order valence-corrected chi connectivity index (χ4v) is 6.81. The molecule has 1 aliphatic carbocycles. The Balaban J connectivity index is 1.36. The molecule has 1 aromatic heterocycles. The van der Waals surface area contributed by atoms with Gasteiger partial charge in [-0.1, -0.05) is 26.7 Å². The summed E-state index contributed by atoms with van der Waals surface area (Å²) in [4.78, 5) is 34.9. The molecule has 30 heavy (non-hydrogen) atoms. The van der Waals surface area contributed by atoms with Gasteiger partial charge in [0, 0.05) is 42.9 Å². The molecule has 2 atom stereocenters. The Bertz CT molecular complexity index is 735. The molecule has 1 aromatic rings. The van der Waals surface area contributed by atoms with Crippen molar-refractivity contribution in [2.75, 3.05) is 19.6 Å². The maximum Gasteiger partial charge on any atom is 0.273 e. The van der Waals surface area contributed by atoms with Gasteiger partial charge in [-0.05, 0) is 57.3 Å². The van der Waals surface area contributed by atoms with Crippen molar-refractivity contribution in [1.82, 2.24) is 14.8 Å². The van der Waals surface area contributed by atoms with Crippen LogP contribution in [0, 0.1) is 11.8 Å². The second-order valence-electron chi connectivity index (χ2n) is 9.44. The van der Waals surface area contributed by atoms with Gasteiger partial charge in [-0.2, -0.15) is 0 Å². The molecule has 6 heteroatoms. The number of piperidine rings is 2. The van der Waals surface area contributed by atoms with Crippen molar-refractivity contribution >= 4 is 23.2 Å². The molecule has 3 aliphatic rings. The van der Waals surface area contributed by atoms with Gasteiger partial charge >= 0.3 is 0 Å². The smallest absolute Gasteiger partial charge is 0.273 e. The van der Waals surface area contributed by atoms with Gasteiger partial charge in [0.2, 0.25) is 5.91 Å². The number of hydrogen-bond donors (Lipinski definition) is 0. The predicted molar refractivity (Wildman–Crippen MR) is 121 cm³/mol. The zero-order valence-electron chi connectivity index (χ0n) is 18.6. The summed E-state index contributed by atoms with van der Waals surface area (Å²) in [7, 11) is 0. The lowest BCUT2D eigenvalue weighted by atomic mass is 9.78. The Labute approximate surface area is 185 Å². The predicted octanol–water partition coefficient (Wildman–Crippen LogP) is 5.08. The summed E-state index contributed by atoms with van der Waals surface area (Å²) < 4.78 is 0. The minimum atomic E-state index is 0.149. The van der Waals surface area contributed by atoms with Crippen molar-refractivity contribution in [3.05, 3.63) is 16.1 Å². The molecule has 1 saturated carbocycles. The SMILES string of the molecule is CCC(CC)C(=O)N1CCC(c2nc(C(=O)N3CCCC4CCCCC43)cs2)CC1. The van der Waals surface area contributed by atoms with Crippen LogP contribution in [0.2, 0.25) is 0 Å². The van der Waals surface area contributed by atoms with E-state index in [4.69, 9.17) is 4.98 Å². The third-order valence-corrected chi connectivity index (χ3v) is 8.74. The zero-order valence-corrected chi connectivity index (χ0v) is 19.5. The summed E-state index contributed by atoms with van der Waals surface area (Å²) in [5.74, 6) is 1.72. The lowest BCUT2D eigenvalue weighted by Gasteiger charge is -2.43. The summed E-state index contributed by atoms with van der Waals surface area (Å²) in [5.41, 5.74) is 0.650. The van der Waals surface area contributed by atoms with E-state index < -0.39 is 0 Å². The van der Waals surface area contributed by atoms with Crippen molar-refractivity contribution in [1.29, 1.82) is 0 Å². The second kappa shape index (κ2) is 9.80. The van der Waals surface area contributed by atoms with Crippen molar-refractivity contribution in [3.63, 3.8) is 0 Å². The highest BCUT2D eigenvalue weighted by Gasteiger charge is 2.37. The molecule has 0 N–H and O–H groups in total. The van der Waals surface area contributed by atoms with Gasteiger partial charge in [0.1, 0.15) is 5.69 Å². The monoisotopic (exact) mass is 431 g/mol. The maximum absolute atomic E-state index is 13.3. The third kappa shape index (κ3) is 4.44. The van der Waals surface area contributed by atoms with Gasteiger partial charge in [-0.3, -0.25) is 9.59 Å². The van der Waals surface area contributed by atoms with Crippen molar-refractivity contribution in [2.24, 2.45) is 11.8 Å². The Kier molecular flexibility index (Phi) is 7.12. The molecular weight excluding hydrogens is 394 g/mol. The molecule has 3 fully saturated rings. The van der Waals surface area contributed by atoms with Crippen LogP contribution in [0.25, 0.3) is 0 Å². The first-order chi connectivity index (χ1) is 14.6. The molecule has 2 saturated heterocycles. The van der Waals surface area contributed by atoms with E-state index in [1.165, 1.54) is 25.7 Å². The fourth-order valence-electron chi connectivity index (χ4n) is 5.84. The number of rotatable bonds is 5. The number of nitrogens with zero attached hydrogens (tertiary/aromatic N) is 3. The van der Waals surface area contributed by atoms with Crippen LogP contribution in [-0.4, -0.2) is 52.3 Å². The van der Waals surface area contributed by atoms with Gasteiger partial charge in [0.15, 0.2) is 0 Å². The molecule has 0 aromatic carbocycles. The van der Waals surface area contributed by atoms with E-state index in [-0.39, 0.29) is 11.8 Å². The highest BCUT2D eigenvalue weighted by molar-refractivity contribution is 7.09. The number of carbonyl (C=O) groups is 2. The number of thiazole rings is 1. The minimum absolute atomic E-state index is 0.149.